The van der Waals surface area contributed by atoms with Crippen LogP contribution < -0.4 is 31.9 Å². The summed E-state index contributed by atoms with van der Waals surface area (Å²) in [7, 11) is 1.31. The highest BCUT2D eigenvalue weighted by molar-refractivity contribution is 8.14. The molecule has 2 fully saturated rings. The van der Waals surface area contributed by atoms with E-state index in [1.165, 1.54) is 18.9 Å². The number of nitrogens with one attached hydrogen (secondary N) is 5. The number of hydrazine groups is 2. The lowest BCUT2D eigenvalue weighted by atomic mass is 10.1. The molecule has 160 valence electrons. The molecule has 5 N–H and O–H groups in total. The molecule has 3 heterocycles. The Morgan fingerprint density at radius 2 is 2.00 bits per heavy atom. The monoisotopic (exact) mass is 433 g/mol. The van der Waals surface area contributed by atoms with Gasteiger partial charge in [0.1, 0.15) is 18.2 Å². The molecule has 11 nitrogen and oxygen atoms in total. The van der Waals surface area contributed by atoms with Crippen LogP contribution in [0.15, 0.2) is 35.3 Å². The number of hydrogen-bond donors (Lipinski definition) is 5. The van der Waals surface area contributed by atoms with Gasteiger partial charge in [0.05, 0.1) is 24.5 Å². The summed E-state index contributed by atoms with van der Waals surface area (Å²) in [5.41, 5.74) is 12.4. The van der Waals surface area contributed by atoms with Gasteiger partial charge >= 0.3 is 5.97 Å². The minimum absolute atomic E-state index is 0.0341. The Morgan fingerprint density at radius 1 is 1.23 bits per heavy atom. The summed E-state index contributed by atoms with van der Waals surface area (Å²) in [5.74, 6) is -1.57. The van der Waals surface area contributed by atoms with Crippen LogP contribution >= 0.6 is 11.8 Å². The molecule has 0 aliphatic carbocycles. The second kappa shape index (κ2) is 9.10. The van der Waals surface area contributed by atoms with Gasteiger partial charge in [0.15, 0.2) is 5.17 Å². The number of fused-ring (bicyclic) bond motifs is 1. The van der Waals surface area contributed by atoms with Gasteiger partial charge in [-0.3, -0.25) is 30.1 Å². The molecule has 1 aromatic carbocycles. The zero-order valence-corrected chi connectivity index (χ0v) is 17.1. The van der Waals surface area contributed by atoms with E-state index in [0.29, 0.717) is 23.9 Å². The Balaban J connectivity index is 1.44. The first-order valence-electron chi connectivity index (χ1n) is 9.52. The van der Waals surface area contributed by atoms with Crippen LogP contribution in [0.2, 0.25) is 0 Å². The van der Waals surface area contributed by atoms with Crippen molar-refractivity contribution in [3.63, 3.8) is 0 Å². The average Bonchev–Trinajstić information content (AvgIpc) is 3.42. The molecule has 12 heteroatoms. The Labute approximate surface area is 177 Å². The lowest BCUT2D eigenvalue weighted by Gasteiger charge is -2.32. The van der Waals surface area contributed by atoms with E-state index >= 15 is 0 Å². The Hall–Kier alpha value is -2.51. The molecule has 4 unspecified atom stereocenters. The fraction of sp³-hybridized carbons (Fsp3) is 0.444. The van der Waals surface area contributed by atoms with Crippen LogP contribution in [-0.2, 0) is 19.1 Å². The number of ether oxygens (including phenoxy) is 1. The molecule has 0 aromatic heterocycles. The van der Waals surface area contributed by atoms with Crippen LogP contribution in [0.5, 0.6) is 0 Å². The van der Waals surface area contributed by atoms with Crippen LogP contribution in [0.4, 0.5) is 5.69 Å². The van der Waals surface area contributed by atoms with Gasteiger partial charge in [-0.05, 0) is 12.1 Å². The van der Waals surface area contributed by atoms with E-state index in [0.717, 1.165) is 0 Å². The third kappa shape index (κ3) is 4.18. The maximum absolute atomic E-state index is 13.1. The van der Waals surface area contributed by atoms with Gasteiger partial charge in [-0.15, -0.1) is 0 Å². The number of carbonyl (C=O) groups is 3. The standard InChI is InChI=1S/C18H23N7O4S/c1-29-17(28)12-8-20-24-15(12)21-13(26)9-30-18-22-14-11(7-19-23-14)16(27)25(18)10-5-3-2-4-6-10/h2-6,11-12,14-15,19-20,23-24H,7-9H2,1H3,(H,21,26). The number of amidine groups is 1. The number of carbonyl (C=O) groups excluding carboxylic acids is 3. The maximum Gasteiger partial charge on any atom is 0.313 e. The molecule has 2 amide bonds. The summed E-state index contributed by atoms with van der Waals surface area (Å²) < 4.78 is 4.76. The number of nitrogens with zero attached hydrogens (tertiary/aromatic N) is 2. The number of hydrogen-bond acceptors (Lipinski definition) is 10. The van der Waals surface area contributed by atoms with Gasteiger partial charge in [-0.1, -0.05) is 30.0 Å². The van der Waals surface area contributed by atoms with Crippen molar-refractivity contribution in [1.29, 1.82) is 0 Å². The van der Waals surface area contributed by atoms with Crippen LogP contribution in [0, 0.1) is 11.8 Å². The summed E-state index contributed by atoms with van der Waals surface area (Å²) >= 11 is 1.17. The molecule has 0 saturated carbocycles. The van der Waals surface area contributed by atoms with Gasteiger partial charge in [-0.25, -0.2) is 15.8 Å². The fourth-order valence-electron chi connectivity index (χ4n) is 3.53. The van der Waals surface area contributed by atoms with E-state index in [9.17, 15) is 14.4 Å². The first kappa shape index (κ1) is 20.8. The van der Waals surface area contributed by atoms with Crippen molar-refractivity contribution in [2.24, 2.45) is 16.8 Å². The third-order valence-corrected chi connectivity index (χ3v) is 6.03. The number of esters is 1. The second-order valence-corrected chi connectivity index (χ2v) is 7.93. The molecular weight excluding hydrogens is 410 g/mol. The fourth-order valence-corrected chi connectivity index (χ4v) is 4.39. The first-order chi connectivity index (χ1) is 14.6. The van der Waals surface area contributed by atoms with Gasteiger partial charge in [-0.2, -0.15) is 0 Å². The van der Waals surface area contributed by atoms with Crippen LogP contribution in [-0.4, -0.2) is 61.2 Å². The second-order valence-electron chi connectivity index (χ2n) is 6.99. The van der Waals surface area contributed by atoms with E-state index in [2.05, 4.69) is 32.0 Å². The highest BCUT2D eigenvalue weighted by Crippen LogP contribution is 2.29. The number of thioether (sulfide) groups is 1. The number of anilines is 1. The predicted octanol–water partition coefficient (Wildman–Crippen LogP) is -1.49. The summed E-state index contributed by atoms with van der Waals surface area (Å²) in [6.45, 7) is 0.847. The largest absolute Gasteiger partial charge is 0.469 e. The number of benzene rings is 1. The maximum atomic E-state index is 13.1. The topological polar surface area (TPSA) is 136 Å². The van der Waals surface area contributed by atoms with Crippen molar-refractivity contribution in [3.05, 3.63) is 30.3 Å². The Morgan fingerprint density at radius 3 is 2.77 bits per heavy atom. The molecule has 0 bridgehead atoms. The van der Waals surface area contributed by atoms with Crippen LogP contribution in [0.3, 0.4) is 0 Å². The molecule has 2 saturated heterocycles. The minimum atomic E-state index is -0.573. The number of para-hydroxylation sites is 1. The van der Waals surface area contributed by atoms with Crippen LogP contribution in [0.1, 0.15) is 0 Å². The molecule has 0 radical (unpaired) electrons. The molecule has 4 rings (SSSR count). The predicted molar refractivity (Wildman–Crippen MR) is 111 cm³/mol. The van der Waals surface area contributed by atoms with E-state index in [4.69, 9.17) is 4.74 Å². The number of methoxy groups -OCH3 is 1. The lowest BCUT2D eigenvalue weighted by Crippen LogP contribution is -2.51. The van der Waals surface area contributed by atoms with Crippen molar-refractivity contribution in [2.75, 3.05) is 30.9 Å². The number of aliphatic imine (C=N–C) groups is 1. The van der Waals surface area contributed by atoms with Crippen molar-refractivity contribution >= 4 is 40.4 Å². The van der Waals surface area contributed by atoms with Crippen molar-refractivity contribution in [2.45, 2.75) is 12.3 Å². The molecule has 3 aliphatic heterocycles. The molecule has 0 spiro atoms. The Bertz CT molecular complexity index is 852. The smallest absolute Gasteiger partial charge is 0.313 e. The zero-order chi connectivity index (χ0) is 21.1. The van der Waals surface area contributed by atoms with E-state index in [1.54, 1.807) is 4.90 Å². The molecule has 1 aromatic rings. The molecule has 3 aliphatic rings. The SMILES string of the molecule is COC(=O)C1CNNC1NC(=O)CSC1=NC2NNCC2C(=O)N1c1ccccc1. The van der Waals surface area contributed by atoms with E-state index in [-0.39, 0.29) is 29.7 Å². The third-order valence-electron chi connectivity index (χ3n) is 5.08. The normalized spacial score (nSPS) is 28.1. The van der Waals surface area contributed by atoms with Crippen molar-refractivity contribution in [3.8, 4) is 0 Å². The van der Waals surface area contributed by atoms with Gasteiger partial charge in [0, 0.05) is 13.1 Å². The highest BCUT2D eigenvalue weighted by Gasteiger charge is 2.42. The summed E-state index contributed by atoms with van der Waals surface area (Å²) in [6, 6.07) is 9.23. The first-order valence-corrected chi connectivity index (χ1v) is 10.5. The minimum Gasteiger partial charge on any atom is -0.469 e. The quantitative estimate of drug-likeness (QED) is 0.352. The van der Waals surface area contributed by atoms with Gasteiger partial charge in [0.25, 0.3) is 0 Å². The van der Waals surface area contributed by atoms with Crippen molar-refractivity contribution < 1.29 is 19.1 Å². The van der Waals surface area contributed by atoms with Crippen molar-refractivity contribution in [1.82, 2.24) is 27.0 Å². The highest BCUT2D eigenvalue weighted by atomic mass is 32.2. The Kier molecular flexibility index (Phi) is 6.29. The molecule has 4 atom stereocenters. The lowest BCUT2D eigenvalue weighted by molar-refractivity contribution is -0.145. The molecule has 30 heavy (non-hydrogen) atoms. The number of amides is 2. The van der Waals surface area contributed by atoms with Gasteiger partial charge < -0.3 is 10.1 Å². The van der Waals surface area contributed by atoms with Crippen LogP contribution in [0.25, 0.3) is 0 Å². The number of rotatable bonds is 5. The van der Waals surface area contributed by atoms with E-state index < -0.39 is 18.1 Å². The summed E-state index contributed by atoms with van der Waals surface area (Å²) in [6.07, 6.45) is -0.941. The zero-order valence-electron chi connectivity index (χ0n) is 16.3. The van der Waals surface area contributed by atoms with Gasteiger partial charge in [0.2, 0.25) is 11.8 Å². The van der Waals surface area contributed by atoms with E-state index in [1.807, 2.05) is 30.3 Å². The molecular formula is C18H23N7O4S. The average molecular weight is 433 g/mol. The summed E-state index contributed by atoms with van der Waals surface area (Å²) in [4.78, 5) is 43.6. The summed E-state index contributed by atoms with van der Waals surface area (Å²) in [5, 5.41) is 3.22.